The van der Waals surface area contributed by atoms with E-state index < -0.39 is 10.0 Å². The maximum Gasteiger partial charge on any atom is 0.258 e. The molecule has 0 aliphatic carbocycles. The molecule has 2 N–H and O–H groups in total. The summed E-state index contributed by atoms with van der Waals surface area (Å²) < 4.78 is 37.8. The van der Waals surface area contributed by atoms with E-state index in [0.29, 0.717) is 30.0 Å². The van der Waals surface area contributed by atoms with Gasteiger partial charge in [0, 0.05) is 12.1 Å². The number of carbonyl (C=O) groups is 1. The topological polar surface area (TPSA) is 93.7 Å². The van der Waals surface area contributed by atoms with Gasteiger partial charge in [0.15, 0.2) is 6.61 Å². The van der Waals surface area contributed by atoms with Gasteiger partial charge in [0.1, 0.15) is 11.5 Å². The minimum atomic E-state index is -3.54. The predicted octanol–water partition coefficient (Wildman–Crippen LogP) is 2.95. The highest BCUT2D eigenvalue weighted by Gasteiger charge is 2.16. The number of ether oxygens (including phenoxy) is 2. The number of hydrogen-bond donors (Lipinski definition) is 2. The van der Waals surface area contributed by atoms with Gasteiger partial charge in [-0.3, -0.25) is 4.79 Å². The van der Waals surface area contributed by atoms with Gasteiger partial charge in [-0.25, -0.2) is 13.1 Å². The van der Waals surface area contributed by atoms with Crippen molar-refractivity contribution in [3.8, 4) is 11.5 Å². The van der Waals surface area contributed by atoms with Crippen LogP contribution in [0.3, 0.4) is 0 Å². The second-order valence-electron chi connectivity index (χ2n) is 6.64. The molecule has 0 aliphatic heterocycles. The average Bonchev–Trinajstić information content (AvgIpc) is 2.71. The lowest BCUT2D eigenvalue weighted by atomic mass is 10.1. The van der Waals surface area contributed by atoms with Crippen molar-refractivity contribution in [3.05, 3.63) is 53.6 Å². The molecule has 8 heteroatoms. The highest BCUT2D eigenvalue weighted by atomic mass is 32.2. The van der Waals surface area contributed by atoms with E-state index in [0.717, 1.165) is 5.56 Å². The first-order chi connectivity index (χ1) is 13.8. The van der Waals surface area contributed by atoms with Crippen LogP contribution in [-0.2, 0) is 14.8 Å². The van der Waals surface area contributed by atoms with Crippen LogP contribution in [0.5, 0.6) is 11.5 Å². The van der Waals surface area contributed by atoms with E-state index >= 15 is 0 Å². The van der Waals surface area contributed by atoms with Crippen LogP contribution >= 0.6 is 0 Å². The molecule has 0 aromatic heterocycles. The van der Waals surface area contributed by atoms with Crippen molar-refractivity contribution in [1.82, 2.24) is 10.0 Å². The Balaban J connectivity index is 1.98. The normalized spacial score (nSPS) is 12.3. The molecule has 0 heterocycles. The van der Waals surface area contributed by atoms with Crippen molar-refractivity contribution in [2.24, 2.45) is 0 Å². The van der Waals surface area contributed by atoms with Crippen molar-refractivity contribution in [2.45, 2.75) is 38.1 Å². The van der Waals surface area contributed by atoms with Crippen molar-refractivity contribution >= 4 is 15.9 Å². The molecule has 2 aromatic carbocycles. The van der Waals surface area contributed by atoms with E-state index in [2.05, 4.69) is 10.0 Å². The fourth-order valence-corrected chi connectivity index (χ4v) is 4.02. The Bertz CT molecular complexity index is 944. The van der Waals surface area contributed by atoms with Crippen LogP contribution < -0.4 is 19.5 Å². The number of aryl methyl sites for hydroxylation is 1. The van der Waals surface area contributed by atoms with E-state index in [9.17, 15) is 13.2 Å². The highest BCUT2D eigenvalue weighted by molar-refractivity contribution is 7.89. The third-order valence-corrected chi connectivity index (χ3v) is 5.80. The molecule has 0 spiro atoms. The summed E-state index contributed by atoms with van der Waals surface area (Å²) in [6, 6.07) is 11.8. The Hall–Kier alpha value is -2.58. The molecule has 0 bridgehead atoms. The van der Waals surface area contributed by atoms with Crippen LogP contribution in [-0.4, -0.2) is 34.6 Å². The smallest absolute Gasteiger partial charge is 0.258 e. The van der Waals surface area contributed by atoms with Gasteiger partial charge < -0.3 is 14.8 Å². The molecule has 0 radical (unpaired) electrons. The Morgan fingerprint density at radius 3 is 2.52 bits per heavy atom. The predicted molar refractivity (Wildman–Crippen MR) is 112 cm³/mol. The van der Waals surface area contributed by atoms with Crippen LogP contribution in [0.15, 0.2) is 47.4 Å². The first-order valence-electron chi connectivity index (χ1n) is 9.44. The summed E-state index contributed by atoms with van der Waals surface area (Å²) in [6.45, 7) is 5.70. The van der Waals surface area contributed by atoms with Gasteiger partial charge in [-0.05, 0) is 50.1 Å². The molecule has 0 saturated heterocycles. The summed E-state index contributed by atoms with van der Waals surface area (Å²) in [4.78, 5) is 12.4. The number of carbonyl (C=O) groups excluding carboxylic acids is 1. The standard InChI is InChI=1S/C21H28N2O5S/c1-5-12-22-29(25,26)17-10-11-19(15(2)13-17)28-14-21(24)23-16(3)18-8-6-7-9-20(18)27-4/h6-11,13,16,22H,5,12,14H2,1-4H3,(H,23,24). The van der Waals surface area contributed by atoms with E-state index in [4.69, 9.17) is 9.47 Å². The number of para-hydroxylation sites is 1. The van der Waals surface area contributed by atoms with Gasteiger partial charge in [0.2, 0.25) is 10.0 Å². The molecule has 2 rings (SSSR count). The molecule has 7 nitrogen and oxygen atoms in total. The lowest BCUT2D eigenvalue weighted by molar-refractivity contribution is -0.123. The van der Waals surface area contributed by atoms with Crippen LogP contribution in [0, 0.1) is 6.92 Å². The SMILES string of the molecule is CCCNS(=O)(=O)c1ccc(OCC(=O)NC(C)c2ccccc2OC)c(C)c1. The molecule has 1 atom stereocenters. The van der Waals surface area contributed by atoms with E-state index in [-0.39, 0.29) is 23.5 Å². The fraction of sp³-hybridized carbons (Fsp3) is 0.381. The number of sulfonamides is 1. The zero-order valence-electron chi connectivity index (χ0n) is 17.2. The Labute approximate surface area is 172 Å². The molecule has 1 unspecified atom stereocenters. The summed E-state index contributed by atoms with van der Waals surface area (Å²) >= 11 is 0. The number of hydrogen-bond acceptors (Lipinski definition) is 5. The van der Waals surface area contributed by atoms with Crippen molar-refractivity contribution in [3.63, 3.8) is 0 Å². The summed E-state index contributed by atoms with van der Waals surface area (Å²) in [6.07, 6.45) is 0.710. The van der Waals surface area contributed by atoms with Gasteiger partial charge in [-0.2, -0.15) is 0 Å². The van der Waals surface area contributed by atoms with Gasteiger partial charge in [-0.15, -0.1) is 0 Å². The fourth-order valence-electron chi connectivity index (χ4n) is 2.80. The largest absolute Gasteiger partial charge is 0.496 e. The summed E-state index contributed by atoms with van der Waals surface area (Å²) in [5.74, 6) is 0.870. The Morgan fingerprint density at radius 1 is 1.14 bits per heavy atom. The molecular weight excluding hydrogens is 392 g/mol. The van der Waals surface area contributed by atoms with E-state index in [1.165, 1.54) is 12.1 Å². The lowest BCUT2D eigenvalue weighted by Gasteiger charge is -2.17. The zero-order valence-corrected chi connectivity index (χ0v) is 18.0. The van der Waals surface area contributed by atoms with Crippen molar-refractivity contribution < 1.29 is 22.7 Å². The van der Waals surface area contributed by atoms with Gasteiger partial charge in [-0.1, -0.05) is 25.1 Å². The minimum Gasteiger partial charge on any atom is -0.496 e. The molecule has 1 amide bonds. The molecule has 0 saturated carbocycles. The van der Waals surface area contributed by atoms with Crippen LogP contribution in [0.1, 0.15) is 37.4 Å². The van der Waals surface area contributed by atoms with Crippen LogP contribution in [0.4, 0.5) is 0 Å². The van der Waals surface area contributed by atoms with Crippen LogP contribution in [0.25, 0.3) is 0 Å². The Morgan fingerprint density at radius 2 is 1.86 bits per heavy atom. The van der Waals surface area contributed by atoms with Gasteiger partial charge in [0.05, 0.1) is 18.0 Å². The minimum absolute atomic E-state index is 0.171. The van der Waals surface area contributed by atoms with Crippen molar-refractivity contribution in [2.75, 3.05) is 20.3 Å². The number of nitrogens with one attached hydrogen (secondary N) is 2. The highest BCUT2D eigenvalue weighted by Crippen LogP contribution is 2.25. The summed E-state index contributed by atoms with van der Waals surface area (Å²) in [7, 11) is -1.96. The molecule has 0 aliphatic rings. The monoisotopic (exact) mass is 420 g/mol. The van der Waals surface area contributed by atoms with Gasteiger partial charge in [0.25, 0.3) is 5.91 Å². The van der Waals surface area contributed by atoms with Gasteiger partial charge >= 0.3 is 0 Å². The maximum atomic E-state index is 12.3. The van der Waals surface area contributed by atoms with E-state index in [1.54, 1.807) is 20.1 Å². The number of rotatable bonds is 10. The first kappa shape index (κ1) is 22.7. The number of benzene rings is 2. The second-order valence-corrected chi connectivity index (χ2v) is 8.41. The number of methoxy groups -OCH3 is 1. The lowest BCUT2D eigenvalue weighted by Crippen LogP contribution is -2.31. The summed E-state index contributed by atoms with van der Waals surface area (Å²) in [5.41, 5.74) is 1.50. The first-order valence-corrected chi connectivity index (χ1v) is 10.9. The zero-order chi connectivity index (χ0) is 21.4. The third-order valence-electron chi connectivity index (χ3n) is 4.34. The Kier molecular flexibility index (Phi) is 8.04. The molecule has 2 aromatic rings. The summed E-state index contributed by atoms with van der Waals surface area (Å²) in [5, 5.41) is 2.87. The third kappa shape index (κ3) is 6.20. The second kappa shape index (κ2) is 10.3. The molecule has 0 fully saturated rings. The van der Waals surface area contributed by atoms with Crippen LogP contribution in [0.2, 0.25) is 0 Å². The maximum absolute atomic E-state index is 12.3. The average molecular weight is 421 g/mol. The number of amides is 1. The van der Waals surface area contributed by atoms with Crippen molar-refractivity contribution in [1.29, 1.82) is 0 Å². The molecular formula is C21H28N2O5S. The molecule has 158 valence electrons. The van der Waals surface area contributed by atoms with E-state index in [1.807, 2.05) is 38.1 Å². The molecule has 29 heavy (non-hydrogen) atoms. The quantitative estimate of drug-likeness (QED) is 0.616.